The average Bonchev–Trinajstić information content (AvgIpc) is 3.23. The Bertz CT molecular complexity index is 740. The summed E-state index contributed by atoms with van der Waals surface area (Å²) >= 11 is 0. The van der Waals surface area contributed by atoms with Gasteiger partial charge < -0.3 is 19.2 Å². The molecule has 1 aliphatic heterocycles. The Labute approximate surface area is 131 Å². The number of benzene rings is 1. The molecule has 0 aliphatic carbocycles. The number of rotatable bonds is 4. The summed E-state index contributed by atoms with van der Waals surface area (Å²) < 4.78 is 15.5. The van der Waals surface area contributed by atoms with E-state index in [0.29, 0.717) is 22.8 Å². The van der Waals surface area contributed by atoms with Crippen molar-refractivity contribution in [3.63, 3.8) is 0 Å². The molecule has 0 fully saturated rings. The zero-order valence-corrected chi connectivity index (χ0v) is 11.9. The van der Waals surface area contributed by atoms with Gasteiger partial charge in [-0.3, -0.25) is 9.59 Å². The highest BCUT2D eigenvalue weighted by atomic mass is 16.7. The third-order valence-corrected chi connectivity index (χ3v) is 2.99. The van der Waals surface area contributed by atoms with E-state index in [-0.39, 0.29) is 13.3 Å². The van der Waals surface area contributed by atoms with Gasteiger partial charge in [0.05, 0.1) is 19.0 Å². The first-order valence-electron chi connectivity index (χ1n) is 6.75. The van der Waals surface area contributed by atoms with Crippen molar-refractivity contribution in [2.24, 2.45) is 5.10 Å². The van der Waals surface area contributed by atoms with Gasteiger partial charge in [-0.2, -0.15) is 5.10 Å². The van der Waals surface area contributed by atoms with Crippen LogP contribution < -0.4 is 20.2 Å². The summed E-state index contributed by atoms with van der Waals surface area (Å²) in [5.74, 6) is 0.146. The molecule has 0 unspecified atom stereocenters. The van der Waals surface area contributed by atoms with Gasteiger partial charge in [-0.15, -0.1) is 0 Å². The number of hydrogen-bond donors (Lipinski definition) is 2. The molecule has 0 bridgehead atoms. The maximum atomic E-state index is 11.6. The molecule has 0 saturated carbocycles. The molecular formula is C15H13N3O5. The number of furan rings is 1. The molecule has 8 heteroatoms. The van der Waals surface area contributed by atoms with Gasteiger partial charge in [0, 0.05) is 0 Å². The highest BCUT2D eigenvalue weighted by Crippen LogP contribution is 2.31. The van der Waals surface area contributed by atoms with Crippen LogP contribution in [0, 0.1) is 0 Å². The summed E-state index contributed by atoms with van der Waals surface area (Å²) in [5.41, 5.74) is 2.84. The summed E-state index contributed by atoms with van der Waals surface area (Å²) in [6, 6.07) is 8.59. The van der Waals surface area contributed by atoms with Crippen LogP contribution in [0.25, 0.3) is 0 Å². The van der Waals surface area contributed by atoms with Crippen LogP contribution in [0.4, 0.5) is 0 Å². The molecule has 2 aromatic rings. The van der Waals surface area contributed by atoms with Gasteiger partial charge in [-0.25, -0.2) is 5.43 Å². The first-order valence-corrected chi connectivity index (χ1v) is 6.75. The van der Waals surface area contributed by atoms with Crippen molar-refractivity contribution in [3.8, 4) is 11.5 Å². The zero-order chi connectivity index (χ0) is 16.1. The van der Waals surface area contributed by atoms with Crippen LogP contribution in [0.1, 0.15) is 11.3 Å². The van der Waals surface area contributed by atoms with Crippen LogP contribution in [0.15, 0.2) is 46.1 Å². The smallest absolute Gasteiger partial charge is 0.329 e. The van der Waals surface area contributed by atoms with Crippen LogP contribution in [0.3, 0.4) is 0 Å². The van der Waals surface area contributed by atoms with E-state index in [1.165, 1.54) is 12.5 Å². The number of hydrazone groups is 1. The zero-order valence-electron chi connectivity index (χ0n) is 11.9. The highest BCUT2D eigenvalue weighted by molar-refractivity contribution is 6.35. The molecule has 1 aliphatic rings. The fourth-order valence-corrected chi connectivity index (χ4v) is 1.87. The summed E-state index contributed by atoms with van der Waals surface area (Å²) in [7, 11) is 0. The molecule has 2 N–H and O–H groups in total. The highest BCUT2D eigenvalue weighted by Gasteiger charge is 2.14. The number of fused-ring (bicyclic) bond motifs is 1. The van der Waals surface area contributed by atoms with Crippen molar-refractivity contribution in [1.82, 2.24) is 10.7 Å². The van der Waals surface area contributed by atoms with Gasteiger partial charge in [0.15, 0.2) is 11.5 Å². The van der Waals surface area contributed by atoms with E-state index in [4.69, 9.17) is 13.9 Å². The lowest BCUT2D eigenvalue weighted by Gasteiger charge is -2.01. The average molecular weight is 315 g/mol. The predicted molar refractivity (Wildman–Crippen MR) is 78.9 cm³/mol. The van der Waals surface area contributed by atoms with E-state index in [1.807, 2.05) is 0 Å². The van der Waals surface area contributed by atoms with E-state index in [1.54, 1.807) is 30.3 Å². The topological polar surface area (TPSA) is 102 Å². The first-order chi connectivity index (χ1) is 11.2. The molecule has 1 aromatic carbocycles. The maximum absolute atomic E-state index is 11.6. The van der Waals surface area contributed by atoms with Crippen molar-refractivity contribution in [2.45, 2.75) is 6.54 Å². The second kappa shape index (κ2) is 6.65. The molecule has 0 saturated heterocycles. The normalized spacial score (nSPS) is 12.3. The maximum Gasteiger partial charge on any atom is 0.329 e. The Morgan fingerprint density at radius 3 is 2.87 bits per heavy atom. The number of nitrogens with one attached hydrogen (secondary N) is 2. The molecule has 8 nitrogen and oxygen atoms in total. The standard InChI is InChI=1S/C15H13N3O5/c19-14(16-8-11-2-1-5-21-11)15(20)18-17-7-10-3-4-12-13(6-10)23-9-22-12/h1-7H,8-9H2,(H,16,19)(H,18,20)/b17-7+. The number of ether oxygens (including phenoxy) is 2. The molecule has 0 atom stereocenters. The van der Waals surface area contributed by atoms with Crippen molar-refractivity contribution < 1.29 is 23.5 Å². The van der Waals surface area contributed by atoms with Crippen LogP contribution in [-0.4, -0.2) is 24.8 Å². The first kappa shape index (κ1) is 14.6. The number of nitrogens with zero attached hydrogens (tertiary/aromatic N) is 1. The van der Waals surface area contributed by atoms with E-state index >= 15 is 0 Å². The quantitative estimate of drug-likeness (QED) is 0.493. The molecule has 1 aromatic heterocycles. The summed E-state index contributed by atoms with van der Waals surface area (Å²) in [6.07, 6.45) is 2.89. The molecule has 118 valence electrons. The molecule has 23 heavy (non-hydrogen) atoms. The second-order valence-corrected chi connectivity index (χ2v) is 4.57. The third-order valence-electron chi connectivity index (χ3n) is 2.99. The van der Waals surface area contributed by atoms with Crippen molar-refractivity contribution in [3.05, 3.63) is 47.9 Å². The Morgan fingerprint density at radius 1 is 1.17 bits per heavy atom. The number of carbonyl (C=O) groups excluding carboxylic acids is 2. The van der Waals surface area contributed by atoms with Gasteiger partial charge in [-0.05, 0) is 35.9 Å². The molecule has 0 radical (unpaired) electrons. The van der Waals surface area contributed by atoms with E-state index < -0.39 is 11.8 Å². The van der Waals surface area contributed by atoms with Crippen molar-refractivity contribution in [1.29, 1.82) is 0 Å². The van der Waals surface area contributed by atoms with Gasteiger partial charge in [-0.1, -0.05) is 0 Å². The minimum absolute atomic E-state index is 0.130. The number of carbonyl (C=O) groups is 2. The van der Waals surface area contributed by atoms with Gasteiger partial charge in [0.2, 0.25) is 6.79 Å². The minimum atomic E-state index is -0.867. The lowest BCUT2D eigenvalue weighted by molar-refractivity contribution is -0.139. The monoisotopic (exact) mass is 315 g/mol. The Kier molecular flexibility index (Phi) is 4.23. The third kappa shape index (κ3) is 3.67. The fraction of sp³-hybridized carbons (Fsp3) is 0.133. The molecule has 2 heterocycles. The van der Waals surface area contributed by atoms with Gasteiger partial charge in [0.25, 0.3) is 0 Å². The SMILES string of the molecule is O=C(NCc1ccco1)C(=O)N/N=C/c1ccc2c(c1)OCO2. The molecule has 2 amide bonds. The van der Waals surface area contributed by atoms with Crippen LogP contribution in [0.2, 0.25) is 0 Å². The summed E-state index contributed by atoms with van der Waals surface area (Å²) in [4.78, 5) is 23.1. The largest absolute Gasteiger partial charge is 0.467 e. The lowest BCUT2D eigenvalue weighted by Crippen LogP contribution is -2.37. The number of hydrogen-bond acceptors (Lipinski definition) is 6. The van der Waals surface area contributed by atoms with E-state index in [9.17, 15) is 9.59 Å². The van der Waals surface area contributed by atoms with Gasteiger partial charge >= 0.3 is 11.8 Å². The van der Waals surface area contributed by atoms with E-state index in [2.05, 4.69) is 15.8 Å². The second-order valence-electron chi connectivity index (χ2n) is 4.57. The van der Waals surface area contributed by atoms with Crippen LogP contribution in [-0.2, 0) is 16.1 Å². The van der Waals surface area contributed by atoms with Crippen molar-refractivity contribution in [2.75, 3.05) is 6.79 Å². The van der Waals surface area contributed by atoms with Crippen molar-refractivity contribution >= 4 is 18.0 Å². The van der Waals surface area contributed by atoms with Crippen LogP contribution in [0.5, 0.6) is 11.5 Å². The predicted octanol–water partition coefficient (Wildman–Crippen LogP) is 0.775. The molecule has 3 rings (SSSR count). The molecular weight excluding hydrogens is 302 g/mol. The molecule has 0 spiro atoms. The fourth-order valence-electron chi connectivity index (χ4n) is 1.87. The Hall–Kier alpha value is -3.29. The number of amides is 2. The summed E-state index contributed by atoms with van der Waals surface area (Å²) in [6.45, 7) is 0.313. The Morgan fingerprint density at radius 2 is 2.04 bits per heavy atom. The van der Waals surface area contributed by atoms with E-state index in [0.717, 1.165) is 0 Å². The lowest BCUT2D eigenvalue weighted by atomic mass is 10.2. The van der Waals surface area contributed by atoms with Gasteiger partial charge in [0.1, 0.15) is 5.76 Å². The minimum Gasteiger partial charge on any atom is -0.467 e. The summed E-state index contributed by atoms with van der Waals surface area (Å²) in [5, 5.41) is 6.14. The van der Waals surface area contributed by atoms with Crippen LogP contribution >= 0.6 is 0 Å². The Balaban J connectivity index is 1.49.